The largest absolute Gasteiger partial charge is 0.481 e. The second kappa shape index (κ2) is 6.67. The van der Waals surface area contributed by atoms with E-state index in [4.69, 9.17) is 9.52 Å². The molecule has 1 atom stereocenters. The molecule has 128 valence electrons. The number of nitrogens with zero attached hydrogens (tertiary/aromatic N) is 1. The molecule has 1 fully saturated rings. The predicted octanol–water partition coefficient (Wildman–Crippen LogP) is 3.77. The lowest BCUT2D eigenvalue weighted by Gasteiger charge is -2.32. The third kappa shape index (κ3) is 3.16. The molecular formula is C19H23NO4. The van der Waals surface area contributed by atoms with Crippen LogP contribution in [-0.2, 0) is 4.79 Å². The van der Waals surface area contributed by atoms with Gasteiger partial charge in [-0.3, -0.25) is 9.59 Å². The lowest BCUT2D eigenvalue weighted by Crippen LogP contribution is -2.40. The van der Waals surface area contributed by atoms with Crippen LogP contribution >= 0.6 is 0 Å². The summed E-state index contributed by atoms with van der Waals surface area (Å²) in [4.78, 5) is 25.5. The van der Waals surface area contributed by atoms with E-state index in [0.717, 1.165) is 34.9 Å². The van der Waals surface area contributed by atoms with E-state index in [1.54, 1.807) is 0 Å². The number of aliphatic carboxylic acids is 1. The summed E-state index contributed by atoms with van der Waals surface area (Å²) in [5.74, 6) is -0.186. The minimum Gasteiger partial charge on any atom is -0.481 e. The van der Waals surface area contributed by atoms with Crippen molar-refractivity contribution in [2.75, 3.05) is 13.1 Å². The van der Waals surface area contributed by atoms with Gasteiger partial charge in [-0.2, -0.15) is 0 Å². The Morgan fingerprint density at radius 3 is 2.83 bits per heavy atom. The van der Waals surface area contributed by atoms with Crippen LogP contribution in [0.25, 0.3) is 11.0 Å². The number of benzene rings is 1. The zero-order chi connectivity index (χ0) is 17.3. The predicted molar refractivity (Wildman–Crippen MR) is 91.2 cm³/mol. The molecule has 0 saturated carbocycles. The van der Waals surface area contributed by atoms with Crippen LogP contribution in [0.4, 0.5) is 0 Å². The van der Waals surface area contributed by atoms with Gasteiger partial charge in [0.25, 0.3) is 5.91 Å². The number of rotatable bonds is 4. The molecule has 1 aliphatic rings. The molecular weight excluding hydrogens is 306 g/mol. The van der Waals surface area contributed by atoms with E-state index in [1.165, 1.54) is 0 Å². The van der Waals surface area contributed by atoms with Crippen molar-refractivity contribution >= 4 is 22.8 Å². The van der Waals surface area contributed by atoms with Crippen LogP contribution in [0.5, 0.6) is 0 Å². The molecule has 1 amide bonds. The molecule has 2 aromatic rings. The van der Waals surface area contributed by atoms with Gasteiger partial charge < -0.3 is 14.4 Å². The highest BCUT2D eigenvalue weighted by Crippen LogP contribution is 2.30. The van der Waals surface area contributed by atoms with Crippen molar-refractivity contribution in [3.05, 3.63) is 35.1 Å². The van der Waals surface area contributed by atoms with E-state index < -0.39 is 5.97 Å². The molecule has 24 heavy (non-hydrogen) atoms. The molecule has 1 N–H and O–H groups in total. The van der Waals surface area contributed by atoms with Crippen LogP contribution in [0.15, 0.2) is 22.6 Å². The molecule has 5 heteroatoms. The van der Waals surface area contributed by atoms with E-state index >= 15 is 0 Å². The number of para-hydroxylation sites is 1. The number of furan rings is 1. The maximum absolute atomic E-state index is 12.9. The average Bonchev–Trinajstić information content (AvgIpc) is 2.91. The topological polar surface area (TPSA) is 70.8 Å². The molecule has 0 radical (unpaired) electrons. The highest BCUT2D eigenvalue weighted by atomic mass is 16.4. The molecule has 1 aromatic heterocycles. The highest BCUT2D eigenvalue weighted by molar-refractivity contribution is 5.99. The Kier molecular flexibility index (Phi) is 4.60. The monoisotopic (exact) mass is 329 g/mol. The maximum Gasteiger partial charge on any atom is 0.303 e. The summed E-state index contributed by atoms with van der Waals surface area (Å²) in [6, 6.07) is 5.92. The van der Waals surface area contributed by atoms with E-state index in [9.17, 15) is 9.59 Å². The second-order valence-electron chi connectivity index (χ2n) is 6.70. The van der Waals surface area contributed by atoms with Gasteiger partial charge in [0.15, 0.2) is 5.76 Å². The zero-order valence-electron chi connectivity index (χ0n) is 14.2. The quantitative estimate of drug-likeness (QED) is 0.927. The van der Waals surface area contributed by atoms with Gasteiger partial charge in [0.2, 0.25) is 0 Å². The Morgan fingerprint density at radius 2 is 2.12 bits per heavy atom. The molecule has 1 saturated heterocycles. The van der Waals surface area contributed by atoms with Crippen molar-refractivity contribution in [1.82, 2.24) is 4.90 Å². The fraction of sp³-hybridized carbons (Fsp3) is 0.474. The molecule has 0 aliphatic carbocycles. The number of hydrogen-bond acceptors (Lipinski definition) is 3. The van der Waals surface area contributed by atoms with Crippen LogP contribution in [0, 0.1) is 19.8 Å². The van der Waals surface area contributed by atoms with Gasteiger partial charge in [-0.15, -0.1) is 0 Å². The van der Waals surface area contributed by atoms with Gasteiger partial charge in [0, 0.05) is 30.5 Å². The molecule has 2 heterocycles. The van der Waals surface area contributed by atoms with Gasteiger partial charge in [-0.25, -0.2) is 0 Å². The number of carboxylic acids is 1. The summed E-state index contributed by atoms with van der Waals surface area (Å²) in [5, 5.41) is 9.83. The lowest BCUT2D eigenvalue weighted by molar-refractivity contribution is -0.137. The van der Waals surface area contributed by atoms with Crippen LogP contribution in [0.2, 0.25) is 0 Å². The van der Waals surface area contributed by atoms with Crippen molar-refractivity contribution in [2.45, 2.75) is 39.5 Å². The van der Waals surface area contributed by atoms with E-state index in [-0.39, 0.29) is 18.2 Å². The fourth-order valence-electron chi connectivity index (χ4n) is 3.54. The first kappa shape index (κ1) is 16.6. The van der Waals surface area contributed by atoms with Crippen LogP contribution in [-0.4, -0.2) is 35.0 Å². The van der Waals surface area contributed by atoms with Gasteiger partial charge in [-0.05, 0) is 44.6 Å². The Labute approximate surface area is 141 Å². The van der Waals surface area contributed by atoms with Gasteiger partial charge in [0.05, 0.1) is 0 Å². The van der Waals surface area contributed by atoms with E-state index in [2.05, 4.69) is 0 Å². The first-order chi connectivity index (χ1) is 11.5. The van der Waals surface area contributed by atoms with Crippen LogP contribution in [0.1, 0.15) is 47.4 Å². The third-order valence-corrected chi connectivity index (χ3v) is 4.93. The Bertz CT molecular complexity index is 777. The molecule has 0 unspecified atom stereocenters. The smallest absolute Gasteiger partial charge is 0.303 e. The lowest BCUT2D eigenvalue weighted by atomic mass is 9.93. The number of carbonyl (C=O) groups is 2. The first-order valence-corrected chi connectivity index (χ1v) is 8.47. The number of amides is 1. The molecule has 3 rings (SSSR count). The molecule has 0 bridgehead atoms. The number of hydrogen-bond donors (Lipinski definition) is 1. The summed E-state index contributed by atoms with van der Waals surface area (Å²) in [6.45, 7) is 5.21. The maximum atomic E-state index is 12.9. The Hall–Kier alpha value is -2.30. The number of carbonyl (C=O) groups excluding carboxylic acids is 1. The van der Waals surface area contributed by atoms with E-state index in [1.807, 2.05) is 36.9 Å². The fourth-order valence-corrected chi connectivity index (χ4v) is 3.54. The second-order valence-corrected chi connectivity index (χ2v) is 6.70. The minimum atomic E-state index is -0.776. The van der Waals surface area contributed by atoms with Crippen LogP contribution in [0.3, 0.4) is 0 Å². The summed E-state index contributed by atoms with van der Waals surface area (Å²) >= 11 is 0. The van der Waals surface area contributed by atoms with E-state index in [0.29, 0.717) is 25.3 Å². The number of likely N-dealkylation sites (tertiary alicyclic amines) is 1. The number of piperidine rings is 1. The van der Waals surface area contributed by atoms with Gasteiger partial charge in [0.1, 0.15) is 5.58 Å². The summed E-state index contributed by atoms with van der Waals surface area (Å²) < 4.78 is 5.89. The first-order valence-electron chi connectivity index (χ1n) is 8.47. The van der Waals surface area contributed by atoms with Gasteiger partial charge >= 0.3 is 5.97 Å². The summed E-state index contributed by atoms with van der Waals surface area (Å²) in [6.07, 6.45) is 2.68. The minimum absolute atomic E-state index is 0.0804. The van der Waals surface area contributed by atoms with Crippen molar-refractivity contribution < 1.29 is 19.1 Å². The summed E-state index contributed by atoms with van der Waals surface area (Å²) in [7, 11) is 0. The molecule has 1 aromatic carbocycles. The van der Waals surface area contributed by atoms with Crippen molar-refractivity contribution in [3.63, 3.8) is 0 Å². The zero-order valence-corrected chi connectivity index (χ0v) is 14.2. The average molecular weight is 329 g/mol. The van der Waals surface area contributed by atoms with Crippen molar-refractivity contribution in [3.8, 4) is 0 Å². The van der Waals surface area contributed by atoms with Gasteiger partial charge in [-0.1, -0.05) is 18.2 Å². The third-order valence-electron chi connectivity index (χ3n) is 4.93. The van der Waals surface area contributed by atoms with Crippen LogP contribution < -0.4 is 0 Å². The summed E-state index contributed by atoms with van der Waals surface area (Å²) in [5.41, 5.74) is 2.68. The van der Waals surface area contributed by atoms with Crippen molar-refractivity contribution in [1.29, 1.82) is 0 Å². The highest BCUT2D eigenvalue weighted by Gasteiger charge is 2.28. The van der Waals surface area contributed by atoms with Crippen molar-refractivity contribution in [2.24, 2.45) is 5.92 Å². The normalized spacial score (nSPS) is 18.1. The Balaban J connectivity index is 1.80. The standard InChI is InChI=1S/C19H23NO4/c1-12-5-3-7-15-13(2)18(24-17(12)15)19(23)20-10-4-6-14(11-20)8-9-16(21)22/h3,5,7,14H,4,6,8-11H2,1-2H3,(H,21,22)/t14-/m0/s1. The number of carboxylic acid groups (broad SMARTS) is 1. The molecule has 1 aliphatic heterocycles. The number of aryl methyl sites for hydroxylation is 2. The molecule has 0 spiro atoms. The number of fused-ring (bicyclic) bond motifs is 1. The Morgan fingerprint density at radius 1 is 1.33 bits per heavy atom. The SMILES string of the molecule is Cc1c(C(=O)N2CCC[C@@H](CCC(=O)O)C2)oc2c(C)cccc12. The molecule has 5 nitrogen and oxygen atoms in total.